The normalized spacial score (nSPS) is 16.2. The minimum atomic E-state index is 0. The summed E-state index contributed by atoms with van der Waals surface area (Å²) >= 11 is 0. The Hall–Kier alpha value is -0.530. The Morgan fingerprint density at radius 2 is 1.92 bits per heavy atom. The Labute approximate surface area is 85.7 Å². The Morgan fingerprint density at radius 3 is 2.62 bits per heavy atom. The van der Waals surface area contributed by atoms with Crippen molar-refractivity contribution in [3.05, 3.63) is 34.9 Å². The van der Waals surface area contributed by atoms with Crippen LogP contribution in [0, 0.1) is 0 Å². The van der Waals surface area contributed by atoms with Crippen molar-refractivity contribution in [3.63, 3.8) is 0 Å². The van der Waals surface area contributed by atoms with Gasteiger partial charge in [-0.3, -0.25) is 0 Å². The zero-order valence-corrected chi connectivity index (χ0v) is 8.73. The van der Waals surface area contributed by atoms with E-state index >= 15 is 0 Å². The molecule has 13 heavy (non-hydrogen) atoms. The fourth-order valence-electron chi connectivity index (χ4n) is 1.87. The van der Waals surface area contributed by atoms with Crippen LogP contribution in [0.15, 0.2) is 18.2 Å². The molecule has 1 aliphatic rings. The Kier molecular flexibility index (Phi) is 3.34. The predicted octanol–water partition coefficient (Wildman–Crippen LogP) is 2.62. The lowest BCUT2D eigenvalue weighted by atomic mass is 10.0. The second-order valence-corrected chi connectivity index (χ2v) is 3.67. The van der Waals surface area contributed by atoms with Crippen LogP contribution >= 0.6 is 12.4 Å². The summed E-state index contributed by atoms with van der Waals surface area (Å²) in [4.78, 5) is 0. The second kappa shape index (κ2) is 4.12. The average Bonchev–Trinajstić information content (AvgIpc) is 2.49. The molecule has 1 unspecified atom stereocenters. The van der Waals surface area contributed by atoms with Crippen molar-refractivity contribution in [1.82, 2.24) is 0 Å². The molecule has 0 bridgehead atoms. The molecule has 0 radical (unpaired) electrons. The van der Waals surface area contributed by atoms with E-state index in [4.69, 9.17) is 5.73 Å². The molecule has 0 amide bonds. The van der Waals surface area contributed by atoms with Crippen LogP contribution in [0.2, 0.25) is 0 Å². The van der Waals surface area contributed by atoms with Crippen molar-refractivity contribution < 1.29 is 0 Å². The highest BCUT2D eigenvalue weighted by molar-refractivity contribution is 5.85. The van der Waals surface area contributed by atoms with Crippen molar-refractivity contribution in [2.75, 3.05) is 0 Å². The smallest absolute Gasteiger partial charge is 0.0266 e. The fourth-order valence-corrected chi connectivity index (χ4v) is 1.87. The van der Waals surface area contributed by atoms with Gasteiger partial charge in [0, 0.05) is 6.04 Å². The van der Waals surface area contributed by atoms with Gasteiger partial charge in [-0.1, -0.05) is 18.2 Å². The summed E-state index contributed by atoms with van der Waals surface area (Å²) in [6, 6.07) is 6.85. The molecule has 72 valence electrons. The van der Waals surface area contributed by atoms with Gasteiger partial charge in [-0.2, -0.15) is 0 Å². The third-order valence-corrected chi connectivity index (χ3v) is 2.65. The van der Waals surface area contributed by atoms with E-state index in [0.29, 0.717) is 0 Å². The topological polar surface area (TPSA) is 26.0 Å². The maximum absolute atomic E-state index is 5.81. The number of hydrogen-bond donors (Lipinski definition) is 1. The van der Waals surface area contributed by atoms with E-state index in [2.05, 4.69) is 18.2 Å². The molecule has 1 aliphatic carbocycles. The van der Waals surface area contributed by atoms with E-state index in [0.717, 1.165) is 0 Å². The summed E-state index contributed by atoms with van der Waals surface area (Å²) in [5.74, 6) is 0. The molecule has 1 aromatic carbocycles. The van der Waals surface area contributed by atoms with E-state index in [1.165, 1.54) is 36.0 Å². The summed E-state index contributed by atoms with van der Waals surface area (Å²) < 4.78 is 0. The van der Waals surface area contributed by atoms with Crippen LogP contribution in [0.3, 0.4) is 0 Å². The first-order chi connectivity index (χ1) is 5.77. The number of hydrogen-bond acceptors (Lipinski definition) is 1. The molecule has 1 nitrogen and oxygen atoms in total. The van der Waals surface area contributed by atoms with Gasteiger partial charge in [0.05, 0.1) is 0 Å². The second-order valence-electron chi connectivity index (χ2n) is 3.67. The van der Waals surface area contributed by atoms with Gasteiger partial charge in [0.1, 0.15) is 0 Å². The Bertz CT molecular complexity index is 294. The van der Waals surface area contributed by atoms with Gasteiger partial charge >= 0.3 is 0 Å². The van der Waals surface area contributed by atoms with E-state index < -0.39 is 0 Å². The van der Waals surface area contributed by atoms with Gasteiger partial charge in [0.15, 0.2) is 0 Å². The van der Waals surface area contributed by atoms with Crippen LogP contribution < -0.4 is 5.73 Å². The van der Waals surface area contributed by atoms with Crippen molar-refractivity contribution in [2.24, 2.45) is 5.73 Å². The van der Waals surface area contributed by atoms with Gasteiger partial charge < -0.3 is 5.73 Å². The zero-order chi connectivity index (χ0) is 8.55. The van der Waals surface area contributed by atoms with Crippen LogP contribution in [0.25, 0.3) is 0 Å². The molecule has 0 aromatic heterocycles. The molecule has 1 aromatic rings. The zero-order valence-electron chi connectivity index (χ0n) is 7.92. The highest BCUT2D eigenvalue weighted by atomic mass is 35.5. The summed E-state index contributed by atoms with van der Waals surface area (Å²) in [7, 11) is 0. The maximum Gasteiger partial charge on any atom is 0.0266 e. The average molecular weight is 198 g/mol. The standard InChI is InChI=1S/C11H15N.ClH/c1-8(12)10-6-5-9-3-2-4-11(9)7-10;/h5-8H,2-4,12H2,1H3;1H. The first kappa shape index (κ1) is 10.6. The molecule has 2 heteroatoms. The van der Waals surface area contributed by atoms with E-state index in [9.17, 15) is 0 Å². The molecule has 0 spiro atoms. The van der Waals surface area contributed by atoms with Crippen LogP contribution in [0.1, 0.15) is 36.1 Å². The number of aryl methyl sites for hydroxylation is 2. The van der Waals surface area contributed by atoms with Crippen LogP contribution in [-0.4, -0.2) is 0 Å². The van der Waals surface area contributed by atoms with Gasteiger partial charge in [-0.15, -0.1) is 12.4 Å². The van der Waals surface area contributed by atoms with E-state index in [1.54, 1.807) is 0 Å². The maximum atomic E-state index is 5.81. The van der Waals surface area contributed by atoms with E-state index in [-0.39, 0.29) is 18.4 Å². The number of nitrogens with two attached hydrogens (primary N) is 1. The molecule has 1 atom stereocenters. The van der Waals surface area contributed by atoms with Crippen molar-refractivity contribution in [2.45, 2.75) is 32.2 Å². The molecule has 0 saturated heterocycles. The SMILES string of the molecule is CC(N)c1ccc2c(c1)CCC2.Cl. The molecule has 0 saturated carbocycles. The summed E-state index contributed by atoms with van der Waals surface area (Å²) in [5.41, 5.74) is 10.1. The van der Waals surface area contributed by atoms with Crippen LogP contribution in [0.5, 0.6) is 0 Å². The molecule has 2 N–H and O–H groups in total. The Balaban J connectivity index is 0.000000845. The lowest BCUT2D eigenvalue weighted by Crippen LogP contribution is -2.05. The van der Waals surface area contributed by atoms with E-state index in [1.807, 2.05) is 6.92 Å². The summed E-state index contributed by atoms with van der Waals surface area (Å²) in [6.45, 7) is 2.04. The molecule has 0 fully saturated rings. The molecular formula is C11H16ClN. The lowest BCUT2D eigenvalue weighted by molar-refractivity contribution is 0.815. The number of rotatable bonds is 1. The number of benzene rings is 1. The van der Waals surface area contributed by atoms with Gasteiger partial charge in [0.2, 0.25) is 0 Å². The van der Waals surface area contributed by atoms with Crippen molar-refractivity contribution in [3.8, 4) is 0 Å². The molecule has 0 aliphatic heterocycles. The molecule has 0 heterocycles. The first-order valence-electron chi connectivity index (χ1n) is 4.64. The third kappa shape index (κ3) is 2.04. The highest BCUT2D eigenvalue weighted by Crippen LogP contribution is 2.24. The van der Waals surface area contributed by atoms with Crippen molar-refractivity contribution >= 4 is 12.4 Å². The third-order valence-electron chi connectivity index (χ3n) is 2.65. The predicted molar refractivity (Wildman–Crippen MR) is 58.3 cm³/mol. The quantitative estimate of drug-likeness (QED) is 0.736. The summed E-state index contributed by atoms with van der Waals surface area (Å²) in [6.07, 6.45) is 3.82. The summed E-state index contributed by atoms with van der Waals surface area (Å²) in [5, 5.41) is 0. The van der Waals surface area contributed by atoms with Gasteiger partial charge in [-0.25, -0.2) is 0 Å². The Morgan fingerprint density at radius 1 is 1.23 bits per heavy atom. The lowest BCUT2D eigenvalue weighted by Gasteiger charge is -2.07. The molecular weight excluding hydrogens is 182 g/mol. The fraction of sp³-hybridized carbons (Fsp3) is 0.455. The van der Waals surface area contributed by atoms with Crippen LogP contribution in [-0.2, 0) is 12.8 Å². The van der Waals surface area contributed by atoms with Gasteiger partial charge in [-0.05, 0) is 42.9 Å². The highest BCUT2D eigenvalue weighted by Gasteiger charge is 2.11. The largest absolute Gasteiger partial charge is 0.324 e. The van der Waals surface area contributed by atoms with Gasteiger partial charge in [0.25, 0.3) is 0 Å². The monoisotopic (exact) mass is 197 g/mol. The number of fused-ring (bicyclic) bond motifs is 1. The van der Waals surface area contributed by atoms with Crippen LogP contribution in [0.4, 0.5) is 0 Å². The van der Waals surface area contributed by atoms with Crippen molar-refractivity contribution in [1.29, 1.82) is 0 Å². The first-order valence-corrected chi connectivity index (χ1v) is 4.64. The number of halogens is 1. The minimum Gasteiger partial charge on any atom is -0.324 e. The minimum absolute atomic E-state index is 0. The molecule has 2 rings (SSSR count).